The smallest absolute Gasteiger partial charge is 0.254 e. The third kappa shape index (κ3) is 3.97. The Hall–Kier alpha value is -1.07. The summed E-state index contributed by atoms with van der Waals surface area (Å²) in [6, 6.07) is 9.15. The lowest BCUT2D eigenvalue weighted by atomic mass is 9.97. The second-order valence-electron chi connectivity index (χ2n) is 8.21. The molecule has 1 N–H and O–H groups in total. The summed E-state index contributed by atoms with van der Waals surface area (Å²) in [5, 5.41) is 5.18. The number of pyridine rings is 1. The van der Waals surface area contributed by atoms with Gasteiger partial charge in [-0.25, -0.2) is 0 Å². The van der Waals surface area contributed by atoms with Gasteiger partial charge in [0.25, 0.3) is 5.91 Å². The average molecular weight is 443 g/mol. The van der Waals surface area contributed by atoms with Crippen LogP contribution in [0.15, 0.2) is 24.3 Å². The van der Waals surface area contributed by atoms with Crippen molar-refractivity contribution in [2.75, 3.05) is 7.05 Å². The number of piperidine rings is 1. The zero-order chi connectivity index (χ0) is 17.8. The molecule has 1 aliphatic carbocycles. The fraction of sp³-hybridized carbons (Fsp3) is 0.524. The first-order valence-electron chi connectivity index (χ1n) is 9.72. The molecular formula is C21H26Cl3N3O. The summed E-state index contributed by atoms with van der Waals surface area (Å²) in [4.78, 5) is 20.2. The fourth-order valence-electron chi connectivity index (χ4n) is 4.68. The van der Waals surface area contributed by atoms with Gasteiger partial charge in [-0.15, -0.1) is 24.8 Å². The average Bonchev–Trinajstić information content (AvgIpc) is 3.44. The number of halogens is 3. The first kappa shape index (κ1) is 21.6. The van der Waals surface area contributed by atoms with Gasteiger partial charge < -0.3 is 10.2 Å². The Balaban J connectivity index is 0.00000112. The largest absolute Gasteiger partial charge is 0.339 e. The minimum atomic E-state index is 0. The Bertz CT molecular complexity index is 875. The standard InChI is InChI=1S/C21H24ClN3O.2ClH/c1-25(16-9-14-5-6-15(10-16)23-14)21(26)18-11-20(12-2-3-12)24-19-7-4-13(22)8-17(18)19;;/h4,7-8,11-12,14-16,23H,2-3,5-6,9-10H2,1H3;2*1H. The van der Waals surface area contributed by atoms with Crippen LogP contribution in [0, 0.1) is 0 Å². The first-order chi connectivity index (χ1) is 12.6. The third-order valence-electron chi connectivity index (χ3n) is 6.33. The van der Waals surface area contributed by atoms with Crippen molar-refractivity contribution in [1.82, 2.24) is 15.2 Å². The molecule has 3 aliphatic rings. The molecule has 0 radical (unpaired) electrons. The molecule has 2 atom stereocenters. The summed E-state index contributed by atoms with van der Waals surface area (Å²) in [5.41, 5.74) is 2.69. The van der Waals surface area contributed by atoms with E-state index in [1.807, 2.05) is 36.2 Å². The number of aromatic nitrogens is 1. The van der Waals surface area contributed by atoms with Gasteiger partial charge in [0.05, 0.1) is 11.1 Å². The first-order valence-corrected chi connectivity index (χ1v) is 10.1. The van der Waals surface area contributed by atoms with Crippen LogP contribution in [0.5, 0.6) is 0 Å². The van der Waals surface area contributed by atoms with Gasteiger partial charge in [-0.1, -0.05) is 11.6 Å². The van der Waals surface area contributed by atoms with Crippen LogP contribution in [0.2, 0.25) is 5.02 Å². The Morgan fingerprint density at radius 1 is 1.11 bits per heavy atom. The molecule has 3 heterocycles. The lowest BCUT2D eigenvalue weighted by Crippen LogP contribution is -2.48. The van der Waals surface area contributed by atoms with Crippen LogP contribution in [0.1, 0.15) is 60.5 Å². The molecule has 2 aromatic rings. The molecule has 2 saturated heterocycles. The minimum Gasteiger partial charge on any atom is -0.339 e. The van der Waals surface area contributed by atoms with E-state index in [-0.39, 0.29) is 30.7 Å². The minimum absolute atomic E-state index is 0. The van der Waals surface area contributed by atoms with Crippen molar-refractivity contribution < 1.29 is 4.79 Å². The molecule has 2 bridgehead atoms. The zero-order valence-electron chi connectivity index (χ0n) is 15.9. The number of benzene rings is 1. The Morgan fingerprint density at radius 3 is 2.43 bits per heavy atom. The number of carbonyl (C=O) groups is 1. The summed E-state index contributed by atoms with van der Waals surface area (Å²) < 4.78 is 0. The maximum atomic E-state index is 13.4. The highest BCUT2D eigenvalue weighted by atomic mass is 35.5. The highest BCUT2D eigenvalue weighted by Crippen LogP contribution is 2.40. The number of hydrogen-bond acceptors (Lipinski definition) is 3. The van der Waals surface area contributed by atoms with Crippen molar-refractivity contribution in [1.29, 1.82) is 0 Å². The van der Waals surface area contributed by atoms with Gasteiger partial charge in [0, 0.05) is 47.2 Å². The second-order valence-corrected chi connectivity index (χ2v) is 8.65. The number of rotatable bonds is 3. The fourth-order valence-corrected chi connectivity index (χ4v) is 4.86. The Kier molecular flexibility index (Phi) is 6.45. The molecule has 2 aliphatic heterocycles. The van der Waals surface area contributed by atoms with Gasteiger partial charge in [0.2, 0.25) is 0 Å². The summed E-state index contributed by atoms with van der Waals surface area (Å²) in [5.74, 6) is 0.620. The van der Waals surface area contributed by atoms with Crippen molar-refractivity contribution in [3.63, 3.8) is 0 Å². The number of fused-ring (bicyclic) bond motifs is 3. The van der Waals surface area contributed by atoms with E-state index in [4.69, 9.17) is 16.6 Å². The van der Waals surface area contributed by atoms with E-state index in [1.165, 1.54) is 25.7 Å². The van der Waals surface area contributed by atoms with E-state index < -0.39 is 0 Å². The maximum absolute atomic E-state index is 13.4. The van der Waals surface area contributed by atoms with Crippen molar-refractivity contribution >= 4 is 53.2 Å². The zero-order valence-corrected chi connectivity index (χ0v) is 18.2. The highest BCUT2D eigenvalue weighted by molar-refractivity contribution is 6.31. The van der Waals surface area contributed by atoms with E-state index in [2.05, 4.69) is 5.32 Å². The number of nitrogens with zero attached hydrogens (tertiary/aromatic N) is 2. The summed E-state index contributed by atoms with van der Waals surface area (Å²) in [7, 11) is 1.96. The van der Waals surface area contributed by atoms with Gasteiger partial charge in [-0.2, -0.15) is 0 Å². The lowest BCUT2D eigenvalue weighted by molar-refractivity contribution is 0.0683. The quantitative estimate of drug-likeness (QED) is 0.730. The van der Waals surface area contributed by atoms with Crippen LogP contribution in [-0.2, 0) is 0 Å². The molecule has 1 aromatic carbocycles. The molecule has 1 aromatic heterocycles. The second kappa shape index (κ2) is 8.35. The molecule has 4 nitrogen and oxygen atoms in total. The Labute approximate surface area is 183 Å². The van der Waals surface area contributed by atoms with E-state index >= 15 is 0 Å². The molecule has 1 saturated carbocycles. The van der Waals surface area contributed by atoms with E-state index in [1.54, 1.807) is 0 Å². The summed E-state index contributed by atoms with van der Waals surface area (Å²) in [6.45, 7) is 0. The van der Waals surface area contributed by atoms with Crippen LogP contribution in [0.3, 0.4) is 0 Å². The monoisotopic (exact) mass is 441 g/mol. The van der Waals surface area contributed by atoms with Crippen molar-refractivity contribution in [2.24, 2.45) is 0 Å². The molecule has 7 heteroatoms. The molecule has 1 amide bonds. The normalized spacial score (nSPS) is 25.7. The number of nitrogens with one attached hydrogen (secondary N) is 1. The predicted octanol–water partition coefficient (Wildman–Crippen LogP) is 4.96. The van der Waals surface area contributed by atoms with E-state index in [9.17, 15) is 4.79 Å². The molecule has 0 spiro atoms. The van der Waals surface area contributed by atoms with Crippen LogP contribution in [-0.4, -0.2) is 41.0 Å². The lowest BCUT2D eigenvalue weighted by Gasteiger charge is -2.35. The Morgan fingerprint density at radius 2 is 1.79 bits per heavy atom. The van der Waals surface area contributed by atoms with Crippen molar-refractivity contribution in [3.05, 3.63) is 40.5 Å². The highest BCUT2D eigenvalue weighted by Gasteiger charge is 2.37. The van der Waals surface area contributed by atoms with Crippen LogP contribution < -0.4 is 5.32 Å². The topological polar surface area (TPSA) is 45.2 Å². The van der Waals surface area contributed by atoms with Crippen LogP contribution >= 0.6 is 36.4 Å². The maximum Gasteiger partial charge on any atom is 0.254 e. The number of carbonyl (C=O) groups excluding carboxylic acids is 1. The predicted molar refractivity (Wildman–Crippen MR) is 118 cm³/mol. The van der Waals surface area contributed by atoms with Gasteiger partial charge >= 0.3 is 0 Å². The van der Waals surface area contributed by atoms with Gasteiger partial charge in [-0.05, 0) is 62.8 Å². The van der Waals surface area contributed by atoms with E-state index in [0.29, 0.717) is 29.1 Å². The molecule has 152 valence electrons. The van der Waals surface area contributed by atoms with E-state index in [0.717, 1.165) is 35.0 Å². The molecule has 3 fully saturated rings. The number of amides is 1. The summed E-state index contributed by atoms with van der Waals surface area (Å²) >= 11 is 6.22. The van der Waals surface area contributed by atoms with Crippen molar-refractivity contribution in [3.8, 4) is 0 Å². The van der Waals surface area contributed by atoms with Crippen molar-refractivity contribution in [2.45, 2.75) is 62.6 Å². The van der Waals surface area contributed by atoms with Crippen LogP contribution in [0.25, 0.3) is 10.9 Å². The van der Waals surface area contributed by atoms with Gasteiger partial charge in [0.1, 0.15) is 0 Å². The third-order valence-corrected chi connectivity index (χ3v) is 6.57. The molecule has 28 heavy (non-hydrogen) atoms. The number of hydrogen-bond donors (Lipinski definition) is 1. The van der Waals surface area contributed by atoms with Gasteiger partial charge in [0.15, 0.2) is 0 Å². The van der Waals surface area contributed by atoms with Crippen LogP contribution in [0.4, 0.5) is 0 Å². The summed E-state index contributed by atoms with van der Waals surface area (Å²) in [6.07, 6.45) is 6.93. The molecule has 2 unspecified atom stereocenters. The SMILES string of the molecule is CN(C(=O)c1cc(C2CC2)nc2ccc(Cl)cc12)C1CC2CCC(C1)N2.Cl.Cl. The molecule has 5 rings (SSSR count). The van der Waals surface area contributed by atoms with Gasteiger partial charge in [-0.3, -0.25) is 9.78 Å². The molecular weight excluding hydrogens is 417 g/mol.